The molecule has 0 aliphatic heterocycles. The van der Waals surface area contributed by atoms with Crippen molar-refractivity contribution < 1.29 is 22.7 Å². The number of hydrogen-bond donors (Lipinski definition) is 2. The Morgan fingerprint density at radius 1 is 1.33 bits per heavy atom. The van der Waals surface area contributed by atoms with Crippen molar-refractivity contribution in [3.8, 4) is 5.75 Å². The van der Waals surface area contributed by atoms with E-state index in [0.717, 1.165) is 6.07 Å². The zero-order valence-electron chi connectivity index (χ0n) is 9.46. The van der Waals surface area contributed by atoms with E-state index in [4.69, 9.17) is 10.5 Å². The Morgan fingerprint density at radius 2 is 2.00 bits per heavy atom. The number of nitrogens with one attached hydrogen (secondary N) is 1. The number of ether oxygens (including phenoxy) is 1. The number of hydrogen-bond acceptors (Lipinski definition) is 3. The van der Waals surface area contributed by atoms with Gasteiger partial charge in [-0.2, -0.15) is 13.2 Å². The second-order valence-corrected chi connectivity index (χ2v) is 3.40. The first kappa shape index (κ1) is 14.3. The lowest BCUT2D eigenvalue weighted by Crippen LogP contribution is -2.33. The van der Waals surface area contributed by atoms with Crippen LogP contribution in [0.3, 0.4) is 0 Å². The standard InChI is InChI=1S/C11H13F3N2O2/c12-11(13,14)8-3-1-2-4-9(8)18-6-5-16-10(17)7-15/h1-4H,5-7,15H2,(H,16,17). The number of alkyl halides is 3. The van der Waals surface area contributed by atoms with E-state index < -0.39 is 11.7 Å². The van der Waals surface area contributed by atoms with Gasteiger partial charge in [-0.1, -0.05) is 12.1 Å². The smallest absolute Gasteiger partial charge is 0.419 e. The summed E-state index contributed by atoms with van der Waals surface area (Å²) < 4.78 is 42.7. The molecule has 0 aliphatic carbocycles. The van der Waals surface area contributed by atoms with E-state index in [2.05, 4.69) is 5.32 Å². The summed E-state index contributed by atoms with van der Waals surface area (Å²) in [5, 5.41) is 2.39. The molecule has 0 saturated carbocycles. The predicted molar refractivity (Wildman–Crippen MR) is 59.0 cm³/mol. The minimum atomic E-state index is -4.46. The van der Waals surface area contributed by atoms with E-state index in [0.29, 0.717) is 0 Å². The zero-order valence-corrected chi connectivity index (χ0v) is 9.46. The van der Waals surface area contributed by atoms with Crippen molar-refractivity contribution in [2.75, 3.05) is 19.7 Å². The number of amides is 1. The van der Waals surface area contributed by atoms with Gasteiger partial charge >= 0.3 is 6.18 Å². The van der Waals surface area contributed by atoms with Crippen molar-refractivity contribution in [3.63, 3.8) is 0 Å². The Bertz CT molecular complexity index is 408. The highest BCUT2D eigenvalue weighted by atomic mass is 19.4. The van der Waals surface area contributed by atoms with Crippen molar-refractivity contribution in [1.82, 2.24) is 5.32 Å². The Morgan fingerprint density at radius 3 is 2.61 bits per heavy atom. The minimum absolute atomic E-state index is 0.0567. The van der Waals surface area contributed by atoms with Gasteiger partial charge in [-0.15, -0.1) is 0 Å². The first-order valence-electron chi connectivity index (χ1n) is 5.21. The summed E-state index contributed by atoms with van der Waals surface area (Å²) in [7, 11) is 0. The lowest BCUT2D eigenvalue weighted by atomic mass is 10.2. The maximum atomic E-state index is 12.6. The highest BCUT2D eigenvalue weighted by Crippen LogP contribution is 2.35. The average Bonchev–Trinajstić information content (AvgIpc) is 2.33. The summed E-state index contributed by atoms with van der Waals surface area (Å²) in [6.45, 7) is -0.125. The normalized spacial score (nSPS) is 11.1. The molecule has 0 heterocycles. The molecule has 0 atom stereocenters. The Balaban J connectivity index is 2.55. The molecule has 0 saturated heterocycles. The third-order valence-corrected chi connectivity index (χ3v) is 2.06. The molecule has 0 aromatic heterocycles. The SMILES string of the molecule is NCC(=O)NCCOc1ccccc1C(F)(F)F. The number of para-hydroxylation sites is 1. The molecule has 1 aromatic carbocycles. The van der Waals surface area contributed by atoms with Crippen molar-refractivity contribution in [1.29, 1.82) is 0 Å². The van der Waals surface area contributed by atoms with E-state index in [1.54, 1.807) is 0 Å². The fraction of sp³-hybridized carbons (Fsp3) is 0.364. The Labute approximate surface area is 102 Å². The number of nitrogens with two attached hydrogens (primary N) is 1. The highest BCUT2D eigenvalue weighted by molar-refractivity contribution is 5.77. The summed E-state index contributed by atoms with van der Waals surface area (Å²) in [5.74, 6) is -0.644. The van der Waals surface area contributed by atoms with Gasteiger partial charge in [0.15, 0.2) is 0 Å². The van der Waals surface area contributed by atoms with Crippen molar-refractivity contribution in [2.24, 2.45) is 5.73 Å². The molecule has 0 bridgehead atoms. The predicted octanol–water partition coefficient (Wildman–Crippen LogP) is 1.16. The maximum absolute atomic E-state index is 12.6. The van der Waals surface area contributed by atoms with Gasteiger partial charge in [-0.3, -0.25) is 4.79 Å². The number of carbonyl (C=O) groups excluding carboxylic acids is 1. The second-order valence-electron chi connectivity index (χ2n) is 3.40. The third-order valence-electron chi connectivity index (χ3n) is 2.06. The quantitative estimate of drug-likeness (QED) is 0.783. The maximum Gasteiger partial charge on any atom is 0.419 e. The molecule has 0 radical (unpaired) electrons. The molecule has 4 nitrogen and oxygen atoms in total. The lowest BCUT2D eigenvalue weighted by molar-refractivity contribution is -0.139. The van der Waals surface area contributed by atoms with Gasteiger partial charge in [0.2, 0.25) is 5.91 Å². The van der Waals surface area contributed by atoms with Crippen LogP contribution < -0.4 is 15.8 Å². The number of benzene rings is 1. The van der Waals surface area contributed by atoms with Crippen LogP contribution in [-0.2, 0) is 11.0 Å². The fourth-order valence-electron chi connectivity index (χ4n) is 1.25. The zero-order chi connectivity index (χ0) is 13.6. The van der Waals surface area contributed by atoms with Gasteiger partial charge in [0.05, 0.1) is 18.7 Å². The number of halogens is 3. The summed E-state index contributed by atoms with van der Waals surface area (Å²) >= 11 is 0. The second kappa shape index (κ2) is 6.25. The van der Waals surface area contributed by atoms with Gasteiger partial charge in [0.1, 0.15) is 12.4 Å². The van der Waals surface area contributed by atoms with Gasteiger partial charge in [0.25, 0.3) is 0 Å². The van der Waals surface area contributed by atoms with Gasteiger partial charge in [-0.05, 0) is 12.1 Å². The summed E-state index contributed by atoms with van der Waals surface area (Å²) in [6.07, 6.45) is -4.46. The van der Waals surface area contributed by atoms with Crippen LogP contribution >= 0.6 is 0 Å². The Kier molecular flexibility index (Phi) is 4.96. The van der Waals surface area contributed by atoms with Crippen LogP contribution in [0.15, 0.2) is 24.3 Å². The van der Waals surface area contributed by atoms with Crippen molar-refractivity contribution in [3.05, 3.63) is 29.8 Å². The van der Waals surface area contributed by atoms with E-state index >= 15 is 0 Å². The van der Waals surface area contributed by atoms with Gasteiger partial charge in [-0.25, -0.2) is 0 Å². The molecular weight excluding hydrogens is 249 g/mol. The molecule has 1 amide bonds. The summed E-state index contributed by atoms with van der Waals surface area (Å²) in [5.41, 5.74) is 4.21. The number of carbonyl (C=O) groups is 1. The van der Waals surface area contributed by atoms with Crippen LogP contribution in [0.25, 0.3) is 0 Å². The average molecular weight is 262 g/mol. The third kappa shape index (κ3) is 4.25. The largest absolute Gasteiger partial charge is 0.491 e. The molecule has 0 unspecified atom stereocenters. The van der Waals surface area contributed by atoms with E-state index in [-0.39, 0.29) is 31.4 Å². The van der Waals surface area contributed by atoms with Crippen LogP contribution in [0.4, 0.5) is 13.2 Å². The van der Waals surface area contributed by atoms with E-state index in [1.807, 2.05) is 0 Å². The van der Waals surface area contributed by atoms with Crippen LogP contribution in [0, 0.1) is 0 Å². The van der Waals surface area contributed by atoms with Crippen LogP contribution in [0.2, 0.25) is 0 Å². The fourth-order valence-corrected chi connectivity index (χ4v) is 1.25. The molecule has 0 aliphatic rings. The van der Waals surface area contributed by atoms with Crippen molar-refractivity contribution >= 4 is 5.91 Å². The molecule has 1 rings (SSSR count). The molecule has 0 spiro atoms. The van der Waals surface area contributed by atoms with Gasteiger partial charge in [0, 0.05) is 0 Å². The minimum Gasteiger partial charge on any atom is -0.491 e. The summed E-state index contributed by atoms with van der Waals surface area (Å²) in [4.78, 5) is 10.8. The summed E-state index contributed by atoms with van der Waals surface area (Å²) in [6, 6.07) is 4.90. The molecule has 1 aromatic rings. The van der Waals surface area contributed by atoms with Gasteiger partial charge < -0.3 is 15.8 Å². The highest BCUT2D eigenvalue weighted by Gasteiger charge is 2.33. The monoisotopic (exact) mass is 262 g/mol. The first-order chi connectivity index (χ1) is 8.45. The molecular formula is C11H13F3N2O2. The molecule has 100 valence electrons. The topological polar surface area (TPSA) is 64.4 Å². The molecule has 3 N–H and O–H groups in total. The van der Waals surface area contributed by atoms with E-state index in [1.165, 1.54) is 18.2 Å². The van der Waals surface area contributed by atoms with Crippen LogP contribution in [0.1, 0.15) is 5.56 Å². The lowest BCUT2D eigenvalue weighted by Gasteiger charge is -2.13. The van der Waals surface area contributed by atoms with E-state index in [9.17, 15) is 18.0 Å². The molecule has 0 fully saturated rings. The van der Waals surface area contributed by atoms with Crippen LogP contribution in [0.5, 0.6) is 5.75 Å². The first-order valence-corrected chi connectivity index (χ1v) is 5.21. The Hall–Kier alpha value is -1.76. The van der Waals surface area contributed by atoms with Crippen molar-refractivity contribution in [2.45, 2.75) is 6.18 Å². The molecule has 7 heteroatoms. The molecule has 18 heavy (non-hydrogen) atoms. The van der Waals surface area contributed by atoms with Crippen LogP contribution in [-0.4, -0.2) is 25.6 Å². The number of rotatable bonds is 5.